The predicted molar refractivity (Wildman–Crippen MR) is 125 cm³/mol. The number of pyridine rings is 1. The Bertz CT molecular complexity index is 1410. The van der Waals surface area contributed by atoms with E-state index in [0.29, 0.717) is 30.6 Å². The molecule has 1 saturated heterocycles. The molecule has 0 radical (unpaired) electrons. The van der Waals surface area contributed by atoms with Crippen LogP contribution in [0.1, 0.15) is 35.4 Å². The molecule has 1 N–H and O–H groups in total. The van der Waals surface area contributed by atoms with Gasteiger partial charge in [-0.05, 0) is 36.8 Å². The van der Waals surface area contributed by atoms with Crippen molar-refractivity contribution >= 4 is 15.8 Å². The molecule has 5 rings (SSSR count). The maximum Gasteiger partial charge on any atom is 0.416 e. The molecule has 196 valence electrons. The van der Waals surface area contributed by atoms with Crippen molar-refractivity contribution in [2.75, 3.05) is 24.5 Å². The minimum Gasteiger partial charge on any atom is -0.493 e. The SMILES string of the molecule is O=S(=O)(Nc1cccc(F)n1)c1ccc2c(c1)OCCC2c1ccc(C(F)(F)F)cc1O[C@H]1CCOC1. The first-order valence-electron chi connectivity index (χ1n) is 11.5. The smallest absolute Gasteiger partial charge is 0.416 e. The van der Waals surface area contributed by atoms with Gasteiger partial charge in [-0.1, -0.05) is 18.2 Å². The van der Waals surface area contributed by atoms with Crippen LogP contribution >= 0.6 is 0 Å². The van der Waals surface area contributed by atoms with Crippen molar-refractivity contribution in [3.63, 3.8) is 0 Å². The number of nitrogens with zero attached hydrogens (tertiary/aromatic N) is 1. The fraction of sp³-hybridized carbons (Fsp3) is 0.320. The van der Waals surface area contributed by atoms with Gasteiger partial charge in [-0.25, -0.2) is 13.4 Å². The van der Waals surface area contributed by atoms with Crippen LogP contribution in [0, 0.1) is 5.95 Å². The third-order valence-corrected chi connectivity index (χ3v) is 7.54. The number of sulfonamides is 1. The average molecular weight is 539 g/mol. The van der Waals surface area contributed by atoms with Crippen LogP contribution in [0.2, 0.25) is 0 Å². The van der Waals surface area contributed by atoms with E-state index in [1.165, 1.54) is 30.3 Å². The van der Waals surface area contributed by atoms with E-state index in [2.05, 4.69) is 9.71 Å². The molecular weight excluding hydrogens is 516 g/mol. The van der Waals surface area contributed by atoms with Crippen LogP contribution < -0.4 is 14.2 Å². The second kappa shape index (κ2) is 9.82. The van der Waals surface area contributed by atoms with E-state index in [-0.39, 0.29) is 41.5 Å². The molecule has 1 fully saturated rings. The number of alkyl halides is 3. The fourth-order valence-electron chi connectivity index (χ4n) is 4.41. The highest BCUT2D eigenvalue weighted by atomic mass is 32.2. The highest BCUT2D eigenvalue weighted by Crippen LogP contribution is 2.44. The first kappa shape index (κ1) is 25.3. The van der Waals surface area contributed by atoms with E-state index in [9.17, 15) is 26.0 Å². The number of benzene rings is 2. The molecule has 12 heteroatoms. The van der Waals surface area contributed by atoms with Gasteiger partial charge in [0.25, 0.3) is 10.0 Å². The molecule has 7 nitrogen and oxygen atoms in total. The van der Waals surface area contributed by atoms with Crippen LogP contribution in [0.3, 0.4) is 0 Å². The molecule has 3 aromatic rings. The number of halogens is 4. The van der Waals surface area contributed by atoms with Crippen molar-refractivity contribution in [3.05, 3.63) is 77.2 Å². The van der Waals surface area contributed by atoms with Gasteiger partial charge >= 0.3 is 6.18 Å². The molecule has 0 bridgehead atoms. The van der Waals surface area contributed by atoms with Gasteiger partial charge in [0.2, 0.25) is 5.95 Å². The highest BCUT2D eigenvalue weighted by molar-refractivity contribution is 7.92. The third-order valence-electron chi connectivity index (χ3n) is 6.19. The molecule has 2 aromatic carbocycles. The van der Waals surface area contributed by atoms with Crippen molar-refractivity contribution < 1.29 is 40.2 Å². The quantitative estimate of drug-likeness (QED) is 0.346. The van der Waals surface area contributed by atoms with Gasteiger partial charge in [-0.2, -0.15) is 17.6 Å². The topological polar surface area (TPSA) is 86.8 Å². The van der Waals surface area contributed by atoms with E-state index < -0.39 is 33.6 Å². The van der Waals surface area contributed by atoms with Crippen molar-refractivity contribution in [1.29, 1.82) is 0 Å². The normalized spacial score (nSPS) is 19.7. The molecule has 0 saturated carbocycles. The lowest BCUT2D eigenvalue weighted by Crippen LogP contribution is -2.21. The summed E-state index contributed by atoms with van der Waals surface area (Å²) in [5.74, 6) is -1.02. The van der Waals surface area contributed by atoms with Gasteiger partial charge in [0.15, 0.2) is 0 Å². The lowest BCUT2D eigenvalue weighted by Gasteiger charge is -2.29. The van der Waals surface area contributed by atoms with Crippen molar-refractivity contribution in [1.82, 2.24) is 4.98 Å². The Kier molecular flexibility index (Phi) is 6.71. The monoisotopic (exact) mass is 538 g/mol. The summed E-state index contributed by atoms with van der Waals surface area (Å²) in [5.41, 5.74) is 0.333. The zero-order valence-electron chi connectivity index (χ0n) is 19.3. The number of hydrogen-bond acceptors (Lipinski definition) is 6. The number of aromatic nitrogens is 1. The standard InChI is InChI=1S/C25H22F4N2O5S/c26-23-2-1-3-24(30-23)31-37(32,33)17-5-7-19-18(9-11-35-21(19)13-17)20-6-4-15(25(27,28)29)12-22(20)36-16-8-10-34-14-16/h1-7,12-13,16,18H,8-11,14H2,(H,30,31)/t16-,18?/m0/s1. The Balaban J connectivity index is 1.48. The van der Waals surface area contributed by atoms with Gasteiger partial charge in [-0.3, -0.25) is 4.72 Å². The summed E-state index contributed by atoms with van der Waals surface area (Å²) >= 11 is 0. The molecule has 37 heavy (non-hydrogen) atoms. The van der Waals surface area contributed by atoms with Crippen molar-refractivity contribution in [3.8, 4) is 11.5 Å². The van der Waals surface area contributed by atoms with Crippen molar-refractivity contribution in [2.45, 2.75) is 35.9 Å². The molecule has 1 unspecified atom stereocenters. The summed E-state index contributed by atoms with van der Waals surface area (Å²) in [4.78, 5) is 3.37. The Labute approximate surface area is 210 Å². The zero-order chi connectivity index (χ0) is 26.2. The second-order valence-corrected chi connectivity index (χ2v) is 10.4. The molecule has 2 aliphatic rings. The van der Waals surface area contributed by atoms with Gasteiger partial charge in [0.05, 0.1) is 30.3 Å². The zero-order valence-corrected chi connectivity index (χ0v) is 20.1. The maximum absolute atomic E-state index is 13.4. The van der Waals surface area contributed by atoms with Crippen LogP contribution in [0.25, 0.3) is 0 Å². The molecule has 2 aliphatic heterocycles. The molecule has 0 amide bonds. The van der Waals surface area contributed by atoms with Crippen LogP contribution in [0.5, 0.6) is 11.5 Å². The minimum atomic E-state index is -4.54. The van der Waals surface area contributed by atoms with Crippen LogP contribution in [-0.4, -0.2) is 39.3 Å². The lowest BCUT2D eigenvalue weighted by molar-refractivity contribution is -0.137. The van der Waals surface area contributed by atoms with E-state index in [0.717, 1.165) is 18.2 Å². The second-order valence-electron chi connectivity index (χ2n) is 8.69. The first-order valence-corrected chi connectivity index (χ1v) is 13.0. The van der Waals surface area contributed by atoms with E-state index in [1.807, 2.05) is 0 Å². The lowest BCUT2D eigenvalue weighted by atomic mass is 9.85. The summed E-state index contributed by atoms with van der Waals surface area (Å²) < 4.78 is 98.6. The Hall–Kier alpha value is -3.38. The molecule has 0 spiro atoms. The first-order chi connectivity index (χ1) is 17.6. The van der Waals surface area contributed by atoms with E-state index >= 15 is 0 Å². The summed E-state index contributed by atoms with van der Waals surface area (Å²) in [5, 5.41) is 0. The summed E-state index contributed by atoms with van der Waals surface area (Å²) in [6.45, 7) is 0.969. The Morgan fingerprint density at radius 3 is 2.54 bits per heavy atom. The van der Waals surface area contributed by atoms with E-state index in [1.54, 1.807) is 6.07 Å². The average Bonchev–Trinajstić information content (AvgIpc) is 3.36. The number of rotatable bonds is 6. The maximum atomic E-state index is 13.4. The largest absolute Gasteiger partial charge is 0.493 e. The summed E-state index contributed by atoms with van der Waals surface area (Å²) in [7, 11) is -4.11. The van der Waals surface area contributed by atoms with Gasteiger partial charge < -0.3 is 14.2 Å². The third kappa shape index (κ3) is 5.49. The number of nitrogens with one attached hydrogen (secondary N) is 1. The Morgan fingerprint density at radius 2 is 1.81 bits per heavy atom. The van der Waals surface area contributed by atoms with E-state index in [4.69, 9.17) is 14.2 Å². The van der Waals surface area contributed by atoms with Crippen LogP contribution in [0.15, 0.2) is 59.5 Å². The fourth-order valence-corrected chi connectivity index (χ4v) is 5.42. The number of hydrogen-bond donors (Lipinski definition) is 1. The highest BCUT2D eigenvalue weighted by Gasteiger charge is 2.34. The molecule has 0 aliphatic carbocycles. The minimum absolute atomic E-state index is 0.110. The number of anilines is 1. The summed E-state index contributed by atoms with van der Waals surface area (Å²) in [6.07, 6.45) is -3.89. The number of fused-ring (bicyclic) bond motifs is 1. The summed E-state index contributed by atoms with van der Waals surface area (Å²) in [6, 6.07) is 11.4. The van der Waals surface area contributed by atoms with Gasteiger partial charge in [0.1, 0.15) is 23.4 Å². The molecular formula is C25H22F4N2O5S. The molecule has 1 aromatic heterocycles. The molecule has 3 heterocycles. The van der Waals surface area contributed by atoms with Crippen LogP contribution in [0.4, 0.5) is 23.4 Å². The van der Waals surface area contributed by atoms with Crippen LogP contribution in [-0.2, 0) is 20.9 Å². The number of ether oxygens (including phenoxy) is 3. The van der Waals surface area contributed by atoms with Gasteiger partial charge in [-0.15, -0.1) is 0 Å². The predicted octanol–water partition coefficient (Wildman–Crippen LogP) is 5.12. The molecule has 2 atom stereocenters. The van der Waals surface area contributed by atoms with Gasteiger partial charge in [0, 0.05) is 29.5 Å². The van der Waals surface area contributed by atoms with Crippen molar-refractivity contribution in [2.24, 2.45) is 0 Å². The Morgan fingerprint density at radius 1 is 1.00 bits per heavy atom.